The van der Waals surface area contributed by atoms with Gasteiger partial charge >= 0.3 is 5.97 Å². The zero-order valence-electron chi connectivity index (χ0n) is 14.8. The molecule has 0 aromatic carbocycles. The minimum absolute atomic E-state index is 0.0178. The lowest BCUT2D eigenvalue weighted by Gasteiger charge is -2.36. The highest BCUT2D eigenvalue weighted by Gasteiger charge is 2.33. The van der Waals surface area contributed by atoms with Crippen LogP contribution in [-0.4, -0.2) is 47.4 Å². The van der Waals surface area contributed by atoms with Crippen LogP contribution in [-0.2, 0) is 14.4 Å². The fourth-order valence-corrected chi connectivity index (χ4v) is 3.73. The molecule has 24 heavy (non-hydrogen) atoms. The van der Waals surface area contributed by atoms with E-state index in [2.05, 4.69) is 5.32 Å². The van der Waals surface area contributed by atoms with Crippen LogP contribution in [0.1, 0.15) is 52.4 Å². The average molecular weight is 338 g/mol. The van der Waals surface area contributed by atoms with Crippen molar-refractivity contribution in [3.8, 4) is 0 Å². The molecule has 0 aromatic rings. The minimum Gasteiger partial charge on any atom is -0.481 e. The van der Waals surface area contributed by atoms with Gasteiger partial charge in [-0.1, -0.05) is 13.8 Å². The Bertz CT molecular complexity index is 470. The van der Waals surface area contributed by atoms with Gasteiger partial charge in [0.1, 0.15) is 0 Å². The molecule has 0 bridgehead atoms. The molecule has 1 atom stereocenters. The molecule has 0 radical (unpaired) electrons. The van der Waals surface area contributed by atoms with Crippen molar-refractivity contribution in [3.63, 3.8) is 0 Å². The van der Waals surface area contributed by atoms with Crippen molar-refractivity contribution in [3.05, 3.63) is 0 Å². The smallest absolute Gasteiger partial charge is 0.306 e. The highest BCUT2D eigenvalue weighted by atomic mass is 16.4. The van der Waals surface area contributed by atoms with E-state index in [1.54, 1.807) is 0 Å². The first-order valence-corrected chi connectivity index (χ1v) is 9.17. The van der Waals surface area contributed by atoms with Crippen molar-refractivity contribution >= 4 is 17.8 Å². The number of hydrogen-bond donors (Lipinski definition) is 2. The number of carboxylic acid groups (broad SMARTS) is 1. The molecule has 6 heteroatoms. The van der Waals surface area contributed by atoms with Gasteiger partial charge in [0.15, 0.2) is 0 Å². The lowest BCUT2D eigenvalue weighted by molar-refractivity contribution is -0.146. The van der Waals surface area contributed by atoms with Gasteiger partial charge in [-0.25, -0.2) is 0 Å². The molecule has 136 valence electrons. The fourth-order valence-electron chi connectivity index (χ4n) is 3.73. The standard InChI is InChI=1S/C18H30N2O4/c1-12(2)16(21)19-10-13-4-3-9-20(11-13)17(22)14-5-7-15(8-6-14)18(23)24/h12-15H,3-11H2,1-2H3,(H,19,21)(H,23,24). The summed E-state index contributed by atoms with van der Waals surface area (Å²) in [6.45, 7) is 5.87. The average Bonchev–Trinajstić information content (AvgIpc) is 2.59. The number of piperidine rings is 1. The zero-order valence-corrected chi connectivity index (χ0v) is 14.8. The van der Waals surface area contributed by atoms with Crippen molar-refractivity contribution < 1.29 is 19.5 Å². The molecule has 1 unspecified atom stereocenters. The van der Waals surface area contributed by atoms with Crippen LogP contribution in [0.15, 0.2) is 0 Å². The van der Waals surface area contributed by atoms with Crippen molar-refractivity contribution in [1.29, 1.82) is 0 Å². The summed E-state index contributed by atoms with van der Waals surface area (Å²) in [5, 5.41) is 12.0. The summed E-state index contributed by atoms with van der Waals surface area (Å²) in [6.07, 6.45) is 4.58. The fraction of sp³-hybridized carbons (Fsp3) is 0.833. The second-order valence-electron chi connectivity index (χ2n) is 7.58. The van der Waals surface area contributed by atoms with Crippen LogP contribution in [0.25, 0.3) is 0 Å². The van der Waals surface area contributed by atoms with E-state index >= 15 is 0 Å². The molecule has 1 aliphatic heterocycles. The minimum atomic E-state index is -0.736. The second-order valence-corrected chi connectivity index (χ2v) is 7.58. The molecule has 1 saturated heterocycles. The monoisotopic (exact) mass is 338 g/mol. The van der Waals surface area contributed by atoms with Crippen LogP contribution in [0.4, 0.5) is 0 Å². The number of amides is 2. The van der Waals surface area contributed by atoms with E-state index < -0.39 is 5.97 Å². The van der Waals surface area contributed by atoms with E-state index in [1.165, 1.54) is 0 Å². The quantitative estimate of drug-likeness (QED) is 0.801. The molecule has 6 nitrogen and oxygen atoms in total. The third kappa shape index (κ3) is 4.95. The molecular formula is C18H30N2O4. The Balaban J connectivity index is 1.80. The summed E-state index contributed by atoms with van der Waals surface area (Å²) >= 11 is 0. The van der Waals surface area contributed by atoms with E-state index in [0.29, 0.717) is 44.7 Å². The van der Waals surface area contributed by atoms with Gasteiger partial charge in [0, 0.05) is 31.5 Å². The van der Waals surface area contributed by atoms with Crippen LogP contribution in [0.2, 0.25) is 0 Å². The van der Waals surface area contributed by atoms with E-state index in [9.17, 15) is 14.4 Å². The highest BCUT2D eigenvalue weighted by molar-refractivity contribution is 5.80. The molecule has 0 spiro atoms. The van der Waals surface area contributed by atoms with Gasteiger partial charge in [0.25, 0.3) is 0 Å². The van der Waals surface area contributed by atoms with E-state index in [-0.39, 0.29) is 29.6 Å². The van der Waals surface area contributed by atoms with Crippen molar-refractivity contribution in [2.75, 3.05) is 19.6 Å². The number of aliphatic carboxylic acids is 1. The van der Waals surface area contributed by atoms with E-state index in [0.717, 1.165) is 19.4 Å². The number of hydrogen-bond acceptors (Lipinski definition) is 3. The summed E-state index contributed by atoms with van der Waals surface area (Å²) < 4.78 is 0. The van der Waals surface area contributed by atoms with Gasteiger partial charge in [-0.2, -0.15) is 0 Å². The molecule has 2 rings (SSSR count). The highest BCUT2D eigenvalue weighted by Crippen LogP contribution is 2.31. The Morgan fingerprint density at radius 3 is 2.29 bits per heavy atom. The molecule has 2 amide bonds. The van der Waals surface area contributed by atoms with Gasteiger partial charge < -0.3 is 15.3 Å². The summed E-state index contributed by atoms with van der Waals surface area (Å²) in [4.78, 5) is 37.4. The third-order valence-corrected chi connectivity index (χ3v) is 5.35. The molecular weight excluding hydrogens is 308 g/mol. The van der Waals surface area contributed by atoms with Gasteiger partial charge in [-0.3, -0.25) is 14.4 Å². The van der Waals surface area contributed by atoms with Crippen molar-refractivity contribution in [2.45, 2.75) is 52.4 Å². The summed E-state index contributed by atoms with van der Waals surface area (Å²) in [5.41, 5.74) is 0. The molecule has 2 aliphatic rings. The lowest BCUT2D eigenvalue weighted by atomic mass is 9.81. The largest absolute Gasteiger partial charge is 0.481 e. The molecule has 2 fully saturated rings. The number of carboxylic acids is 1. The van der Waals surface area contributed by atoms with Crippen LogP contribution in [0, 0.1) is 23.7 Å². The SMILES string of the molecule is CC(C)C(=O)NCC1CCCN(C(=O)C2CCC(C(=O)O)CC2)C1. The van der Waals surface area contributed by atoms with Gasteiger partial charge in [-0.05, 0) is 44.4 Å². The first-order valence-electron chi connectivity index (χ1n) is 9.17. The zero-order chi connectivity index (χ0) is 17.7. The number of carbonyl (C=O) groups excluding carboxylic acids is 2. The molecule has 1 heterocycles. The van der Waals surface area contributed by atoms with E-state index in [1.807, 2.05) is 18.7 Å². The number of carbonyl (C=O) groups is 3. The third-order valence-electron chi connectivity index (χ3n) is 5.35. The number of nitrogens with one attached hydrogen (secondary N) is 1. The van der Waals surface area contributed by atoms with Gasteiger partial charge in [0.05, 0.1) is 5.92 Å². The predicted molar refractivity (Wildman–Crippen MR) is 90.2 cm³/mol. The maximum atomic E-state index is 12.7. The van der Waals surface area contributed by atoms with E-state index in [4.69, 9.17) is 5.11 Å². The number of nitrogens with zero attached hydrogens (tertiary/aromatic N) is 1. The number of rotatable bonds is 5. The molecule has 0 aromatic heterocycles. The first kappa shape index (κ1) is 18.7. The Morgan fingerprint density at radius 1 is 1.08 bits per heavy atom. The van der Waals surface area contributed by atoms with Crippen molar-refractivity contribution in [2.24, 2.45) is 23.7 Å². The molecule has 2 N–H and O–H groups in total. The maximum absolute atomic E-state index is 12.7. The van der Waals surface area contributed by atoms with Crippen LogP contribution in [0.3, 0.4) is 0 Å². The van der Waals surface area contributed by atoms with Gasteiger partial charge in [0.2, 0.25) is 11.8 Å². The lowest BCUT2D eigenvalue weighted by Crippen LogP contribution is -2.46. The first-order chi connectivity index (χ1) is 11.4. The maximum Gasteiger partial charge on any atom is 0.306 e. The Morgan fingerprint density at radius 2 is 1.71 bits per heavy atom. The summed E-state index contributed by atoms with van der Waals surface area (Å²) in [6, 6.07) is 0. The van der Waals surface area contributed by atoms with Crippen molar-refractivity contribution in [1.82, 2.24) is 10.2 Å². The number of likely N-dealkylation sites (tertiary alicyclic amines) is 1. The molecule has 1 saturated carbocycles. The van der Waals surface area contributed by atoms with Crippen LogP contribution in [0.5, 0.6) is 0 Å². The van der Waals surface area contributed by atoms with Crippen LogP contribution < -0.4 is 5.32 Å². The Hall–Kier alpha value is -1.59. The molecule has 1 aliphatic carbocycles. The summed E-state index contributed by atoms with van der Waals surface area (Å²) in [5.74, 6) is -0.500. The normalized spacial score (nSPS) is 27.8. The topological polar surface area (TPSA) is 86.7 Å². The summed E-state index contributed by atoms with van der Waals surface area (Å²) in [7, 11) is 0. The predicted octanol–water partition coefficient (Wildman–Crippen LogP) is 1.89. The Labute approximate surface area is 144 Å². The van der Waals surface area contributed by atoms with Crippen LogP contribution >= 0.6 is 0 Å². The second kappa shape index (κ2) is 8.49. The Kier molecular flexibility index (Phi) is 6.63. The van der Waals surface area contributed by atoms with Gasteiger partial charge in [-0.15, -0.1) is 0 Å².